The molecule has 0 aliphatic heterocycles. The van der Waals surface area contributed by atoms with E-state index in [1.54, 1.807) is 25.3 Å². The molecular formula is C29H20N2O2. The molecule has 6 aromatic rings. The molecule has 1 heterocycles. The van der Waals surface area contributed by atoms with E-state index >= 15 is 0 Å². The number of methoxy groups -OCH3 is 1. The minimum Gasteiger partial charge on any atom is -0.507 e. The Labute approximate surface area is 190 Å². The monoisotopic (exact) mass is 428 g/mol. The van der Waals surface area contributed by atoms with Gasteiger partial charge in [-0.3, -0.25) is 0 Å². The largest absolute Gasteiger partial charge is 0.507 e. The SMILES string of the molecule is COc1cc(-c2cc3c4ccccc4ccc3c3ccccc23)nc(-c2ccccc2O)n1. The molecule has 0 saturated heterocycles. The van der Waals surface area contributed by atoms with Gasteiger partial charge in [-0.05, 0) is 50.5 Å². The van der Waals surface area contributed by atoms with E-state index in [0.717, 1.165) is 22.0 Å². The van der Waals surface area contributed by atoms with Crippen molar-refractivity contribution in [2.24, 2.45) is 0 Å². The molecule has 1 aromatic heterocycles. The van der Waals surface area contributed by atoms with Crippen LogP contribution in [-0.4, -0.2) is 22.2 Å². The number of phenolic OH excluding ortho intramolecular Hbond substituents is 1. The molecule has 0 saturated carbocycles. The van der Waals surface area contributed by atoms with Crippen LogP contribution in [0.3, 0.4) is 0 Å². The summed E-state index contributed by atoms with van der Waals surface area (Å²) in [6.07, 6.45) is 0. The van der Waals surface area contributed by atoms with Crippen molar-refractivity contribution in [1.82, 2.24) is 9.97 Å². The first-order valence-corrected chi connectivity index (χ1v) is 10.8. The summed E-state index contributed by atoms with van der Waals surface area (Å²) in [5.74, 6) is 0.996. The standard InChI is InChI=1S/C29H20N2O2/c1-33-28-17-26(30-29(31-28)23-12-6-7-13-27(23)32)25-16-24-19-9-3-2-8-18(19)14-15-22(24)20-10-4-5-11-21(20)25/h2-17,32H,1H3. The third-order valence-corrected chi connectivity index (χ3v) is 6.10. The van der Waals surface area contributed by atoms with Gasteiger partial charge in [-0.2, -0.15) is 4.98 Å². The van der Waals surface area contributed by atoms with E-state index in [2.05, 4.69) is 65.6 Å². The Hall–Kier alpha value is -4.44. The normalized spacial score (nSPS) is 11.3. The zero-order valence-corrected chi connectivity index (χ0v) is 18.0. The fourth-order valence-corrected chi connectivity index (χ4v) is 4.52. The summed E-state index contributed by atoms with van der Waals surface area (Å²) < 4.78 is 5.52. The maximum atomic E-state index is 10.4. The third-order valence-electron chi connectivity index (χ3n) is 6.10. The lowest BCUT2D eigenvalue weighted by Gasteiger charge is -2.14. The van der Waals surface area contributed by atoms with Gasteiger partial charge in [0.25, 0.3) is 0 Å². The second kappa shape index (κ2) is 7.61. The fraction of sp³-hybridized carbons (Fsp3) is 0.0345. The molecule has 0 radical (unpaired) electrons. The summed E-state index contributed by atoms with van der Waals surface area (Å²) >= 11 is 0. The molecule has 4 nitrogen and oxygen atoms in total. The maximum absolute atomic E-state index is 10.4. The summed E-state index contributed by atoms with van der Waals surface area (Å²) in [5.41, 5.74) is 2.30. The van der Waals surface area contributed by atoms with Gasteiger partial charge in [-0.1, -0.05) is 72.8 Å². The highest BCUT2D eigenvalue weighted by Gasteiger charge is 2.16. The van der Waals surface area contributed by atoms with E-state index in [-0.39, 0.29) is 5.75 Å². The Balaban J connectivity index is 1.71. The first-order chi connectivity index (χ1) is 16.2. The van der Waals surface area contributed by atoms with E-state index in [4.69, 9.17) is 9.72 Å². The Bertz CT molecular complexity index is 1670. The van der Waals surface area contributed by atoms with Gasteiger partial charge < -0.3 is 9.84 Å². The van der Waals surface area contributed by atoms with Gasteiger partial charge in [0.05, 0.1) is 18.4 Å². The molecule has 0 fully saturated rings. The Kier molecular flexibility index (Phi) is 4.44. The van der Waals surface area contributed by atoms with Crippen molar-refractivity contribution in [2.75, 3.05) is 7.11 Å². The van der Waals surface area contributed by atoms with Crippen molar-refractivity contribution in [3.05, 3.63) is 97.1 Å². The van der Waals surface area contributed by atoms with Crippen LogP contribution < -0.4 is 4.74 Å². The highest BCUT2D eigenvalue weighted by Crippen LogP contribution is 2.39. The molecule has 158 valence electrons. The van der Waals surface area contributed by atoms with E-state index in [1.165, 1.54) is 21.5 Å². The summed E-state index contributed by atoms with van der Waals surface area (Å²) in [6.45, 7) is 0. The molecule has 33 heavy (non-hydrogen) atoms. The average Bonchev–Trinajstić information content (AvgIpc) is 2.88. The van der Waals surface area contributed by atoms with E-state index in [1.807, 2.05) is 18.2 Å². The number of fused-ring (bicyclic) bond motifs is 5. The van der Waals surface area contributed by atoms with Crippen LogP contribution in [0.15, 0.2) is 97.1 Å². The number of rotatable bonds is 3. The van der Waals surface area contributed by atoms with Crippen LogP contribution in [0.25, 0.3) is 55.0 Å². The van der Waals surface area contributed by atoms with Crippen LogP contribution in [0.2, 0.25) is 0 Å². The van der Waals surface area contributed by atoms with Gasteiger partial charge in [-0.25, -0.2) is 4.98 Å². The summed E-state index contributed by atoms with van der Waals surface area (Å²) in [7, 11) is 1.59. The van der Waals surface area contributed by atoms with Crippen molar-refractivity contribution < 1.29 is 9.84 Å². The molecule has 0 spiro atoms. The van der Waals surface area contributed by atoms with Gasteiger partial charge in [0.15, 0.2) is 5.82 Å². The number of para-hydroxylation sites is 1. The Morgan fingerprint density at radius 2 is 1.30 bits per heavy atom. The van der Waals surface area contributed by atoms with Gasteiger partial charge >= 0.3 is 0 Å². The van der Waals surface area contributed by atoms with E-state index in [9.17, 15) is 5.11 Å². The van der Waals surface area contributed by atoms with Crippen molar-refractivity contribution in [2.45, 2.75) is 0 Å². The van der Waals surface area contributed by atoms with Gasteiger partial charge in [-0.15, -0.1) is 0 Å². The molecule has 0 aliphatic rings. The average molecular weight is 428 g/mol. The highest BCUT2D eigenvalue weighted by molar-refractivity contribution is 6.20. The predicted octanol–water partition coefficient (Wildman–Crippen LogP) is 6.98. The molecule has 0 unspecified atom stereocenters. The second-order valence-electron chi connectivity index (χ2n) is 7.99. The first-order valence-electron chi connectivity index (χ1n) is 10.8. The zero-order chi connectivity index (χ0) is 22.4. The number of hydrogen-bond acceptors (Lipinski definition) is 4. The lowest BCUT2D eigenvalue weighted by molar-refractivity contribution is 0.397. The maximum Gasteiger partial charge on any atom is 0.217 e. The quantitative estimate of drug-likeness (QED) is 0.309. The summed E-state index contributed by atoms with van der Waals surface area (Å²) in [6, 6.07) is 32.3. The van der Waals surface area contributed by atoms with Crippen LogP contribution >= 0.6 is 0 Å². The molecule has 4 heteroatoms. The minimum atomic E-state index is 0.131. The number of aromatic hydroxyl groups is 1. The predicted molar refractivity (Wildman–Crippen MR) is 134 cm³/mol. The van der Waals surface area contributed by atoms with Crippen LogP contribution in [0.5, 0.6) is 11.6 Å². The number of phenols is 1. The molecular weight excluding hydrogens is 408 g/mol. The molecule has 0 atom stereocenters. The molecule has 6 rings (SSSR count). The fourth-order valence-electron chi connectivity index (χ4n) is 4.52. The molecule has 0 aliphatic carbocycles. The van der Waals surface area contributed by atoms with Gasteiger partial charge in [0.2, 0.25) is 5.88 Å². The number of nitrogens with zero attached hydrogens (tertiary/aromatic N) is 2. The Morgan fingerprint density at radius 1 is 0.606 bits per heavy atom. The van der Waals surface area contributed by atoms with Crippen molar-refractivity contribution in [3.8, 4) is 34.3 Å². The van der Waals surface area contributed by atoms with Gasteiger partial charge in [0.1, 0.15) is 5.75 Å². The molecule has 5 aromatic carbocycles. The lowest BCUT2D eigenvalue weighted by atomic mass is 9.92. The van der Waals surface area contributed by atoms with Crippen LogP contribution in [-0.2, 0) is 0 Å². The smallest absolute Gasteiger partial charge is 0.217 e. The van der Waals surface area contributed by atoms with Crippen molar-refractivity contribution >= 4 is 32.3 Å². The number of aromatic nitrogens is 2. The number of benzene rings is 5. The molecule has 0 bridgehead atoms. The van der Waals surface area contributed by atoms with Crippen LogP contribution in [0, 0.1) is 0 Å². The van der Waals surface area contributed by atoms with Crippen molar-refractivity contribution in [1.29, 1.82) is 0 Å². The topological polar surface area (TPSA) is 55.2 Å². The zero-order valence-electron chi connectivity index (χ0n) is 18.0. The minimum absolute atomic E-state index is 0.131. The Morgan fingerprint density at radius 3 is 2.12 bits per heavy atom. The second-order valence-corrected chi connectivity index (χ2v) is 7.99. The lowest BCUT2D eigenvalue weighted by Crippen LogP contribution is -1.97. The van der Waals surface area contributed by atoms with Crippen molar-refractivity contribution in [3.63, 3.8) is 0 Å². The summed E-state index contributed by atoms with van der Waals surface area (Å²) in [5, 5.41) is 17.4. The summed E-state index contributed by atoms with van der Waals surface area (Å²) in [4.78, 5) is 9.38. The number of hydrogen-bond donors (Lipinski definition) is 1. The van der Waals surface area contributed by atoms with Crippen LogP contribution in [0.1, 0.15) is 0 Å². The first kappa shape index (κ1) is 19.3. The highest BCUT2D eigenvalue weighted by atomic mass is 16.5. The molecule has 1 N–H and O–H groups in total. The van der Waals surface area contributed by atoms with E-state index < -0.39 is 0 Å². The molecule has 0 amide bonds. The third kappa shape index (κ3) is 3.15. The number of ether oxygens (including phenoxy) is 1. The van der Waals surface area contributed by atoms with Crippen LogP contribution in [0.4, 0.5) is 0 Å². The van der Waals surface area contributed by atoms with E-state index in [0.29, 0.717) is 17.3 Å². The van der Waals surface area contributed by atoms with Gasteiger partial charge in [0, 0.05) is 11.6 Å².